The van der Waals surface area contributed by atoms with E-state index in [-0.39, 0.29) is 28.2 Å². The van der Waals surface area contributed by atoms with Crippen LogP contribution in [0.15, 0.2) is 84.9 Å². The molecule has 5 nitrogen and oxygen atoms in total. The van der Waals surface area contributed by atoms with E-state index < -0.39 is 8.32 Å². The molecule has 1 aliphatic carbocycles. The van der Waals surface area contributed by atoms with Crippen molar-refractivity contribution in [3.63, 3.8) is 0 Å². The third-order valence-electron chi connectivity index (χ3n) is 7.48. The van der Waals surface area contributed by atoms with Crippen molar-refractivity contribution < 1.29 is 4.43 Å². The summed E-state index contributed by atoms with van der Waals surface area (Å²) in [6.07, 6.45) is 1.57. The molecule has 0 radical (unpaired) electrons. The molecule has 1 aliphatic rings. The van der Waals surface area contributed by atoms with Crippen LogP contribution < -0.4 is 21.8 Å². The normalized spacial score (nSPS) is 17.8. The number of fused-ring (bicyclic) bond motifs is 1. The van der Waals surface area contributed by atoms with Crippen molar-refractivity contribution in [3.8, 4) is 0 Å². The lowest BCUT2D eigenvalue weighted by atomic mass is 9.79. The van der Waals surface area contributed by atoms with Crippen LogP contribution in [0.25, 0.3) is 0 Å². The molecule has 4 N–H and O–H groups in total. The van der Waals surface area contributed by atoms with Crippen molar-refractivity contribution in [2.75, 3.05) is 11.5 Å². The fourth-order valence-electron chi connectivity index (χ4n) is 5.80. The predicted octanol–water partition coefficient (Wildman–Crippen LogP) is 5.84. The monoisotopic (exact) mass is 528 g/mol. The third kappa shape index (κ3) is 4.54. The summed E-state index contributed by atoms with van der Waals surface area (Å²) in [5, 5.41) is 2.55. The molecule has 0 fully saturated rings. The summed E-state index contributed by atoms with van der Waals surface area (Å²) >= 11 is 6.19. The van der Waals surface area contributed by atoms with E-state index in [1.807, 2.05) is 0 Å². The van der Waals surface area contributed by atoms with E-state index in [4.69, 9.17) is 27.5 Å². The highest BCUT2D eigenvalue weighted by Crippen LogP contribution is 2.47. The summed E-state index contributed by atoms with van der Waals surface area (Å²) in [5.74, 6) is 0.191. The molecule has 0 saturated carbocycles. The summed E-state index contributed by atoms with van der Waals surface area (Å²) in [6.45, 7) is 6.93. The Morgan fingerprint density at radius 1 is 0.784 bits per heavy atom. The molecule has 1 heterocycles. The molecule has 37 heavy (non-hydrogen) atoms. The summed E-state index contributed by atoms with van der Waals surface area (Å²) in [6, 6.07) is 30.0. The van der Waals surface area contributed by atoms with Gasteiger partial charge in [0.25, 0.3) is 8.32 Å². The largest absolute Gasteiger partial charge is 0.400 e. The van der Waals surface area contributed by atoms with E-state index in [2.05, 4.69) is 116 Å². The van der Waals surface area contributed by atoms with Gasteiger partial charge >= 0.3 is 0 Å². The van der Waals surface area contributed by atoms with Crippen LogP contribution >= 0.6 is 11.6 Å². The van der Waals surface area contributed by atoms with E-state index in [9.17, 15) is 0 Å². The molecule has 7 heteroatoms. The minimum atomic E-state index is -2.73. The Hall–Kier alpha value is -3.19. The average molecular weight is 529 g/mol. The third-order valence-corrected chi connectivity index (χ3v) is 12.7. The maximum Gasteiger partial charge on any atom is 0.261 e. The van der Waals surface area contributed by atoms with Crippen LogP contribution in [0.4, 0.5) is 11.5 Å². The van der Waals surface area contributed by atoms with Crippen LogP contribution in [0, 0.1) is 0 Å². The highest BCUT2D eigenvalue weighted by atomic mass is 35.5. The zero-order valence-electron chi connectivity index (χ0n) is 21.5. The van der Waals surface area contributed by atoms with Gasteiger partial charge in [-0.1, -0.05) is 106 Å². The Balaban J connectivity index is 1.64. The first-order chi connectivity index (χ1) is 17.7. The van der Waals surface area contributed by atoms with Gasteiger partial charge in [-0.15, -0.1) is 0 Å². The lowest BCUT2D eigenvalue weighted by Gasteiger charge is -2.46. The summed E-state index contributed by atoms with van der Waals surface area (Å²) in [7, 11) is -2.73. The quantitative estimate of drug-likeness (QED) is 0.251. The average Bonchev–Trinajstić information content (AvgIpc) is 2.89. The lowest BCUT2D eigenvalue weighted by Crippen LogP contribution is -2.67. The van der Waals surface area contributed by atoms with E-state index in [1.54, 1.807) is 0 Å². The van der Waals surface area contributed by atoms with Crippen molar-refractivity contribution in [2.24, 2.45) is 0 Å². The molecule has 5 rings (SSSR count). The first kappa shape index (κ1) is 25.5. The maximum atomic E-state index is 7.53. The van der Waals surface area contributed by atoms with Crippen molar-refractivity contribution >= 4 is 41.8 Å². The Morgan fingerprint density at radius 2 is 1.32 bits per heavy atom. The summed E-state index contributed by atoms with van der Waals surface area (Å²) in [4.78, 5) is 8.54. The minimum absolute atomic E-state index is 0.0296. The van der Waals surface area contributed by atoms with Crippen LogP contribution in [-0.2, 0) is 4.43 Å². The van der Waals surface area contributed by atoms with E-state index in [1.165, 1.54) is 15.9 Å². The number of nitrogens with two attached hydrogens (primary N) is 2. The van der Waals surface area contributed by atoms with E-state index in [0.717, 1.165) is 18.4 Å². The van der Waals surface area contributed by atoms with Gasteiger partial charge in [0.2, 0.25) is 5.28 Å². The number of aromatic nitrogens is 2. The number of rotatable bonds is 5. The molecule has 4 aromatic rings. The highest BCUT2D eigenvalue weighted by Gasteiger charge is 2.52. The number of anilines is 2. The standard InChI is InChI=1S/C30H33ClN4OSi/c1-30(2,3)37(20-12-6-4-7-13-20,21-14-8-5-9-15-21)36-25-19-18-24(22-16-10-11-17-23(22)25)27-26(32)28(33)35-29(31)34-27/h4-17,24-25H,18-19,32H2,1-3H3,(H2,33,34,35)/t24-,25-/m1/s1. The second kappa shape index (κ2) is 9.93. The molecule has 1 aromatic heterocycles. The first-order valence-corrected chi connectivity index (χ1v) is 15.0. The van der Waals surface area contributed by atoms with Crippen LogP contribution in [-0.4, -0.2) is 18.3 Å². The number of nitrogens with zero attached hydrogens (tertiary/aromatic N) is 2. The maximum absolute atomic E-state index is 7.53. The van der Waals surface area contributed by atoms with Crippen LogP contribution in [0.5, 0.6) is 0 Å². The number of hydrogen-bond acceptors (Lipinski definition) is 5. The van der Waals surface area contributed by atoms with Gasteiger partial charge in [0.15, 0.2) is 5.82 Å². The molecular formula is C30H33ClN4OSi. The Bertz CT molecular complexity index is 1350. The molecule has 2 atom stereocenters. The molecule has 190 valence electrons. The highest BCUT2D eigenvalue weighted by molar-refractivity contribution is 6.99. The molecule has 3 aromatic carbocycles. The van der Waals surface area contributed by atoms with Crippen molar-refractivity contribution in [3.05, 3.63) is 107 Å². The lowest BCUT2D eigenvalue weighted by molar-refractivity contribution is 0.166. The van der Waals surface area contributed by atoms with Gasteiger partial charge in [0, 0.05) is 5.92 Å². The topological polar surface area (TPSA) is 87.0 Å². The van der Waals surface area contributed by atoms with Crippen molar-refractivity contribution in [1.29, 1.82) is 0 Å². The second-order valence-corrected chi connectivity index (χ2v) is 15.3. The number of benzene rings is 3. The van der Waals surface area contributed by atoms with Gasteiger partial charge < -0.3 is 15.9 Å². The number of nitrogen functional groups attached to an aromatic ring is 2. The summed E-state index contributed by atoms with van der Waals surface area (Å²) in [5.41, 5.74) is 15.8. The molecule has 0 aliphatic heterocycles. The van der Waals surface area contributed by atoms with Crippen molar-refractivity contribution in [2.45, 2.75) is 50.7 Å². The Morgan fingerprint density at radius 3 is 1.89 bits per heavy atom. The molecule has 0 unspecified atom stereocenters. The fourth-order valence-corrected chi connectivity index (χ4v) is 10.7. The van der Waals surface area contributed by atoms with Crippen LogP contribution in [0.1, 0.15) is 62.5 Å². The molecule has 0 spiro atoms. The van der Waals surface area contributed by atoms with Gasteiger partial charge in [-0.05, 0) is 51.0 Å². The van der Waals surface area contributed by atoms with Gasteiger partial charge in [-0.25, -0.2) is 4.98 Å². The Labute approximate surface area is 225 Å². The molecule has 0 amide bonds. The second-order valence-electron chi connectivity index (χ2n) is 10.7. The minimum Gasteiger partial charge on any atom is -0.400 e. The van der Waals surface area contributed by atoms with Crippen LogP contribution in [0.2, 0.25) is 10.3 Å². The SMILES string of the molecule is CC(C)(C)[Si](O[C@@H]1CC[C@@H](c2nc(Cl)nc(N)c2N)c2ccccc21)(c1ccccc1)c1ccccc1. The van der Waals surface area contributed by atoms with Gasteiger partial charge in [-0.2, -0.15) is 4.98 Å². The van der Waals surface area contributed by atoms with Crippen LogP contribution in [0.3, 0.4) is 0 Å². The smallest absolute Gasteiger partial charge is 0.261 e. The fraction of sp³-hybridized carbons (Fsp3) is 0.267. The molecule has 0 bridgehead atoms. The zero-order chi connectivity index (χ0) is 26.2. The predicted molar refractivity (Wildman–Crippen MR) is 155 cm³/mol. The van der Waals surface area contributed by atoms with Gasteiger partial charge in [0.05, 0.1) is 17.5 Å². The first-order valence-electron chi connectivity index (χ1n) is 12.7. The van der Waals surface area contributed by atoms with E-state index >= 15 is 0 Å². The van der Waals surface area contributed by atoms with E-state index in [0.29, 0.717) is 11.4 Å². The van der Waals surface area contributed by atoms with Crippen molar-refractivity contribution in [1.82, 2.24) is 9.97 Å². The summed E-state index contributed by atoms with van der Waals surface area (Å²) < 4.78 is 7.53. The molecule has 0 saturated heterocycles. The molecular weight excluding hydrogens is 496 g/mol. The number of hydrogen-bond donors (Lipinski definition) is 2. The number of halogens is 1. The van der Waals surface area contributed by atoms with Gasteiger partial charge in [-0.3, -0.25) is 0 Å². The van der Waals surface area contributed by atoms with Gasteiger partial charge in [0.1, 0.15) is 0 Å². The Kier molecular flexibility index (Phi) is 6.83. The zero-order valence-corrected chi connectivity index (χ0v) is 23.2.